The van der Waals surface area contributed by atoms with E-state index in [1.807, 2.05) is 0 Å². The number of carbonyl (C=O) groups excluding carboxylic acids is 4. The molecular weight excluding hydrogens is 302 g/mol. The largest absolute Gasteiger partial charge is 0.358 e. The van der Waals surface area contributed by atoms with E-state index in [2.05, 4.69) is 21.3 Å². The van der Waals surface area contributed by atoms with Crippen molar-refractivity contribution in [2.24, 2.45) is 11.1 Å². The quantitative estimate of drug-likeness (QED) is 0.275. The van der Waals surface area contributed by atoms with Gasteiger partial charge in [-0.25, -0.2) is 4.79 Å². The number of rotatable bonds is 8. The topological polar surface area (TPSA) is 142 Å². The van der Waals surface area contributed by atoms with Crippen molar-refractivity contribution >= 4 is 23.8 Å². The summed E-state index contributed by atoms with van der Waals surface area (Å²) < 4.78 is 0. The average molecular weight is 327 g/mol. The summed E-state index contributed by atoms with van der Waals surface area (Å²) in [5.41, 5.74) is 3.89. The fraction of sp³-hybridized carbons (Fsp3) is 0.714. The molecule has 0 unspecified atom stereocenters. The number of nitrogens with two attached hydrogens (primary N) is 1. The van der Waals surface area contributed by atoms with Crippen molar-refractivity contribution < 1.29 is 19.2 Å². The number of likely N-dealkylation sites (N-methyl/N-ethyl adjacent to an activating group) is 1. The van der Waals surface area contributed by atoms with Gasteiger partial charge in [0.25, 0.3) is 0 Å². The van der Waals surface area contributed by atoms with E-state index in [4.69, 9.17) is 5.73 Å². The third-order valence-corrected chi connectivity index (χ3v) is 4.14. The highest BCUT2D eigenvalue weighted by Gasteiger charge is 2.50. The molecule has 0 saturated heterocycles. The molecule has 5 amide bonds. The number of amides is 5. The fourth-order valence-electron chi connectivity index (χ4n) is 2.58. The van der Waals surface area contributed by atoms with E-state index in [0.29, 0.717) is 32.2 Å². The first-order valence-corrected chi connectivity index (χ1v) is 7.65. The third-order valence-electron chi connectivity index (χ3n) is 4.14. The van der Waals surface area contributed by atoms with Crippen LogP contribution in [0.1, 0.15) is 32.1 Å². The summed E-state index contributed by atoms with van der Waals surface area (Å²) in [5, 5.41) is 10.1. The zero-order valence-corrected chi connectivity index (χ0v) is 13.5. The Kier molecular flexibility index (Phi) is 6.80. The number of nitrogens with one attached hydrogen (secondary N) is 4. The van der Waals surface area contributed by atoms with Crippen LogP contribution in [0, 0.1) is 5.41 Å². The molecule has 23 heavy (non-hydrogen) atoms. The fourth-order valence-corrected chi connectivity index (χ4v) is 2.58. The summed E-state index contributed by atoms with van der Waals surface area (Å²) in [5.74, 6) is -1.10. The van der Waals surface area contributed by atoms with Gasteiger partial charge in [0, 0.05) is 20.6 Å². The molecule has 1 saturated carbocycles. The highest BCUT2D eigenvalue weighted by atomic mass is 16.2. The Morgan fingerprint density at radius 1 is 1.09 bits per heavy atom. The van der Waals surface area contributed by atoms with Gasteiger partial charge in [-0.3, -0.25) is 14.4 Å². The molecule has 9 heteroatoms. The van der Waals surface area contributed by atoms with Crippen molar-refractivity contribution in [2.45, 2.75) is 38.1 Å². The SMILES string of the molecule is CNC(=O)[C@H](CCCNC(N)=O)NC(=O)C1(C(=O)NC)CCC1. The minimum Gasteiger partial charge on any atom is -0.358 e. The number of carbonyl (C=O) groups is 4. The predicted octanol–water partition coefficient (Wildman–Crippen LogP) is -1.42. The predicted molar refractivity (Wildman–Crippen MR) is 83.2 cm³/mol. The van der Waals surface area contributed by atoms with Crippen molar-refractivity contribution in [2.75, 3.05) is 20.6 Å². The Labute approximate surface area is 135 Å². The first-order chi connectivity index (χ1) is 10.9. The Balaban J connectivity index is 2.65. The highest BCUT2D eigenvalue weighted by molar-refractivity contribution is 6.06. The lowest BCUT2D eigenvalue weighted by molar-refractivity contribution is -0.150. The lowest BCUT2D eigenvalue weighted by Crippen LogP contribution is -2.58. The Bertz CT molecular complexity index is 476. The number of hydrogen-bond acceptors (Lipinski definition) is 4. The lowest BCUT2D eigenvalue weighted by Gasteiger charge is -2.39. The van der Waals surface area contributed by atoms with Crippen LogP contribution in [0.2, 0.25) is 0 Å². The molecule has 1 atom stereocenters. The van der Waals surface area contributed by atoms with Gasteiger partial charge >= 0.3 is 6.03 Å². The van der Waals surface area contributed by atoms with Crippen LogP contribution in [0.3, 0.4) is 0 Å². The molecule has 0 heterocycles. The Morgan fingerprint density at radius 3 is 2.17 bits per heavy atom. The van der Waals surface area contributed by atoms with E-state index in [1.54, 1.807) is 0 Å². The van der Waals surface area contributed by atoms with E-state index >= 15 is 0 Å². The zero-order valence-electron chi connectivity index (χ0n) is 13.5. The summed E-state index contributed by atoms with van der Waals surface area (Å²) >= 11 is 0. The van der Waals surface area contributed by atoms with Crippen LogP contribution in [0.4, 0.5) is 4.79 Å². The molecule has 1 rings (SSSR count). The molecule has 1 fully saturated rings. The lowest BCUT2D eigenvalue weighted by atomic mass is 9.67. The highest BCUT2D eigenvalue weighted by Crippen LogP contribution is 2.41. The molecule has 0 radical (unpaired) electrons. The maximum absolute atomic E-state index is 12.5. The van der Waals surface area contributed by atoms with Gasteiger partial charge in [0.1, 0.15) is 11.5 Å². The summed E-state index contributed by atoms with van der Waals surface area (Å²) in [6, 6.07) is -1.40. The standard InChI is InChI=1S/C14H25N5O4/c1-16-10(20)9(5-3-8-18-13(15)23)19-12(22)14(6-4-7-14)11(21)17-2/h9H,3-8H2,1-2H3,(H,16,20)(H,17,21)(H,19,22)(H3,15,18,23)/t9-/m0/s1. The second kappa shape index (κ2) is 8.35. The van der Waals surface area contributed by atoms with E-state index in [9.17, 15) is 19.2 Å². The van der Waals surface area contributed by atoms with Gasteiger partial charge in [0.05, 0.1) is 0 Å². The summed E-state index contributed by atoms with van der Waals surface area (Å²) in [6.45, 7) is 0.305. The summed E-state index contributed by atoms with van der Waals surface area (Å²) in [6.07, 6.45) is 2.54. The van der Waals surface area contributed by atoms with Gasteiger partial charge in [0.2, 0.25) is 17.7 Å². The maximum atomic E-state index is 12.5. The second-order valence-electron chi connectivity index (χ2n) is 5.59. The van der Waals surface area contributed by atoms with Gasteiger partial charge < -0.3 is 27.0 Å². The van der Waals surface area contributed by atoms with Crippen LogP contribution in [-0.2, 0) is 14.4 Å². The zero-order chi connectivity index (χ0) is 17.5. The molecule has 1 aliphatic carbocycles. The van der Waals surface area contributed by atoms with Gasteiger partial charge in [0.15, 0.2) is 0 Å². The van der Waals surface area contributed by atoms with Gasteiger partial charge in [-0.15, -0.1) is 0 Å². The number of urea groups is 1. The first-order valence-electron chi connectivity index (χ1n) is 7.65. The molecule has 0 spiro atoms. The molecule has 0 aromatic heterocycles. The van der Waals surface area contributed by atoms with E-state index in [1.165, 1.54) is 14.1 Å². The summed E-state index contributed by atoms with van der Waals surface area (Å²) in [4.78, 5) is 47.0. The van der Waals surface area contributed by atoms with E-state index in [0.717, 1.165) is 6.42 Å². The molecule has 6 N–H and O–H groups in total. The molecule has 0 aromatic carbocycles. The minimum atomic E-state index is -1.08. The van der Waals surface area contributed by atoms with Crippen molar-refractivity contribution in [3.63, 3.8) is 0 Å². The monoisotopic (exact) mass is 327 g/mol. The van der Waals surface area contributed by atoms with Crippen molar-refractivity contribution in [1.82, 2.24) is 21.3 Å². The van der Waals surface area contributed by atoms with Gasteiger partial charge in [-0.2, -0.15) is 0 Å². The van der Waals surface area contributed by atoms with Crippen LogP contribution >= 0.6 is 0 Å². The van der Waals surface area contributed by atoms with Crippen LogP contribution in [0.25, 0.3) is 0 Å². The normalized spacial score (nSPS) is 16.4. The van der Waals surface area contributed by atoms with Crippen molar-refractivity contribution in [3.05, 3.63) is 0 Å². The number of hydrogen-bond donors (Lipinski definition) is 5. The molecule has 0 aliphatic heterocycles. The van der Waals surface area contributed by atoms with Crippen LogP contribution < -0.4 is 27.0 Å². The molecule has 1 aliphatic rings. The molecular formula is C14H25N5O4. The van der Waals surface area contributed by atoms with E-state index in [-0.39, 0.29) is 11.8 Å². The molecule has 0 bridgehead atoms. The summed E-state index contributed by atoms with van der Waals surface area (Å²) in [7, 11) is 2.96. The van der Waals surface area contributed by atoms with Gasteiger partial charge in [-0.1, -0.05) is 6.42 Å². The number of primary amides is 1. The van der Waals surface area contributed by atoms with Crippen LogP contribution in [-0.4, -0.2) is 50.4 Å². The van der Waals surface area contributed by atoms with Crippen molar-refractivity contribution in [1.29, 1.82) is 0 Å². The molecule has 130 valence electrons. The smallest absolute Gasteiger partial charge is 0.312 e. The first kappa shape index (κ1) is 18.7. The van der Waals surface area contributed by atoms with Gasteiger partial charge in [-0.05, 0) is 25.7 Å². The minimum absolute atomic E-state index is 0.305. The third kappa shape index (κ3) is 4.57. The van der Waals surface area contributed by atoms with Crippen molar-refractivity contribution in [3.8, 4) is 0 Å². The maximum Gasteiger partial charge on any atom is 0.312 e. The van der Waals surface area contributed by atoms with Crippen LogP contribution in [0.5, 0.6) is 0 Å². The van der Waals surface area contributed by atoms with Crippen LogP contribution in [0.15, 0.2) is 0 Å². The average Bonchev–Trinajstić information content (AvgIpc) is 2.47. The second-order valence-corrected chi connectivity index (χ2v) is 5.59. The Hall–Kier alpha value is -2.32. The molecule has 0 aromatic rings. The molecule has 9 nitrogen and oxygen atoms in total. The Morgan fingerprint density at radius 2 is 1.74 bits per heavy atom. The van der Waals surface area contributed by atoms with E-state index < -0.39 is 23.4 Å².